The maximum absolute atomic E-state index is 10.9. The Hall–Kier alpha value is -0.570. The molecule has 0 fully saturated rings. The van der Waals surface area contributed by atoms with Crippen molar-refractivity contribution in [1.82, 2.24) is 4.90 Å². The Bertz CT molecular complexity index is 212. The summed E-state index contributed by atoms with van der Waals surface area (Å²) in [6, 6.07) is 0.495. The summed E-state index contributed by atoms with van der Waals surface area (Å²) in [5.74, 6) is -0.115. The molecule has 0 saturated heterocycles. The first kappa shape index (κ1) is 14.4. The number of carbonyl (C=O) groups is 1. The van der Waals surface area contributed by atoms with Gasteiger partial charge in [-0.05, 0) is 46.7 Å². The van der Waals surface area contributed by atoms with Crippen molar-refractivity contribution in [3.63, 3.8) is 0 Å². The standard InChI is InChI=1S/C12H25NO2/c1-9(2)10(3)13(6)8-7-12(4,5)11(14)15/h9-10H,7-8H2,1-6H3,(H,14,15). The van der Waals surface area contributed by atoms with Gasteiger partial charge in [-0.2, -0.15) is 0 Å². The van der Waals surface area contributed by atoms with Crippen LogP contribution in [-0.2, 0) is 4.79 Å². The molecular weight excluding hydrogens is 190 g/mol. The highest BCUT2D eigenvalue weighted by atomic mass is 16.4. The molecule has 0 aliphatic rings. The number of carboxylic acid groups (broad SMARTS) is 1. The average molecular weight is 215 g/mol. The summed E-state index contributed by atoms with van der Waals surface area (Å²) in [5.41, 5.74) is -0.620. The molecule has 0 spiro atoms. The van der Waals surface area contributed by atoms with Crippen LogP contribution in [0.25, 0.3) is 0 Å². The first-order valence-electron chi connectivity index (χ1n) is 5.62. The molecule has 3 nitrogen and oxygen atoms in total. The van der Waals surface area contributed by atoms with Gasteiger partial charge in [-0.1, -0.05) is 13.8 Å². The lowest BCUT2D eigenvalue weighted by Gasteiger charge is -2.30. The number of rotatable bonds is 6. The van der Waals surface area contributed by atoms with Crippen LogP contribution in [0.1, 0.15) is 41.0 Å². The summed E-state index contributed by atoms with van der Waals surface area (Å²) in [4.78, 5) is 13.2. The fourth-order valence-electron chi connectivity index (χ4n) is 1.28. The minimum Gasteiger partial charge on any atom is -0.481 e. The zero-order chi connectivity index (χ0) is 12.2. The second kappa shape index (κ2) is 5.50. The number of carboxylic acids is 1. The van der Waals surface area contributed by atoms with Crippen LogP contribution in [0.2, 0.25) is 0 Å². The fourth-order valence-corrected chi connectivity index (χ4v) is 1.28. The third-order valence-corrected chi connectivity index (χ3v) is 3.33. The molecule has 0 amide bonds. The molecule has 90 valence electrons. The summed E-state index contributed by atoms with van der Waals surface area (Å²) < 4.78 is 0. The molecule has 0 rings (SSSR count). The van der Waals surface area contributed by atoms with Gasteiger partial charge in [-0.15, -0.1) is 0 Å². The molecule has 0 radical (unpaired) electrons. The Balaban J connectivity index is 4.11. The third-order valence-electron chi connectivity index (χ3n) is 3.33. The van der Waals surface area contributed by atoms with Gasteiger partial charge in [0.15, 0.2) is 0 Å². The predicted octanol–water partition coefficient (Wildman–Crippen LogP) is 2.46. The van der Waals surface area contributed by atoms with Crippen molar-refractivity contribution in [2.45, 2.75) is 47.1 Å². The third kappa shape index (κ3) is 4.65. The highest BCUT2D eigenvalue weighted by Gasteiger charge is 2.27. The van der Waals surface area contributed by atoms with E-state index in [1.54, 1.807) is 13.8 Å². The van der Waals surface area contributed by atoms with Crippen LogP contribution in [0, 0.1) is 11.3 Å². The van der Waals surface area contributed by atoms with Gasteiger partial charge in [0.2, 0.25) is 0 Å². The molecule has 1 N–H and O–H groups in total. The number of aliphatic carboxylic acids is 1. The highest BCUT2D eigenvalue weighted by molar-refractivity contribution is 5.73. The van der Waals surface area contributed by atoms with E-state index >= 15 is 0 Å². The van der Waals surface area contributed by atoms with Crippen molar-refractivity contribution in [2.75, 3.05) is 13.6 Å². The number of hydrogen-bond acceptors (Lipinski definition) is 2. The van der Waals surface area contributed by atoms with Crippen LogP contribution in [0.3, 0.4) is 0 Å². The Labute approximate surface area is 93.5 Å². The molecule has 15 heavy (non-hydrogen) atoms. The van der Waals surface area contributed by atoms with Gasteiger partial charge < -0.3 is 10.0 Å². The van der Waals surface area contributed by atoms with E-state index in [0.29, 0.717) is 18.4 Å². The van der Waals surface area contributed by atoms with Gasteiger partial charge in [-0.25, -0.2) is 0 Å². The van der Waals surface area contributed by atoms with Gasteiger partial charge in [0.05, 0.1) is 5.41 Å². The van der Waals surface area contributed by atoms with E-state index in [2.05, 4.69) is 32.7 Å². The van der Waals surface area contributed by atoms with Gasteiger partial charge in [-0.3, -0.25) is 4.79 Å². The second-order valence-corrected chi connectivity index (χ2v) is 5.40. The molecule has 0 aromatic carbocycles. The molecular formula is C12H25NO2. The summed E-state index contributed by atoms with van der Waals surface area (Å²) in [5, 5.41) is 8.98. The quantitative estimate of drug-likeness (QED) is 0.740. The molecule has 0 aromatic rings. The minimum absolute atomic E-state index is 0.495. The number of nitrogens with zero attached hydrogens (tertiary/aromatic N) is 1. The summed E-state index contributed by atoms with van der Waals surface area (Å²) in [6.07, 6.45) is 0.690. The van der Waals surface area contributed by atoms with Crippen molar-refractivity contribution >= 4 is 5.97 Å². The number of hydrogen-bond donors (Lipinski definition) is 1. The summed E-state index contributed by atoms with van der Waals surface area (Å²) >= 11 is 0. The van der Waals surface area contributed by atoms with Crippen LogP contribution < -0.4 is 0 Å². The van der Waals surface area contributed by atoms with E-state index in [1.165, 1.54) is 0 Å². The molecule has 1 atom stereocenters. The zero-order valence-corrected chi connectivity index (χ0v) is 10.9. The molecule has 0 aliphatic heterocycles. The average Bonchev–Trinajstić information content (AvgIpc) is 2.12. The maximum atomic E-state index is 10.9. The zero-order valence-electron chi connectivity index (χ0n) is 10.9. The lowest BCUT2D eigenvalue weighted by Crippen LogP contribution is -2.37. The van der Waals surface area contributed by atoms with Crippen LogP contribution in [0.15, 0.2) is 0 Å². The van der Waals surface area contributed by atoms with Gasteiger partial charge in [0, 0.05) is 6.04 Å². The monoisotopic (exact) mass is 215 g/mol. The Morgan fingerprint density at radius 2 is 1.80 bits per heavy atom. The largest absolute Gasteiger partial charge is 0.481 e. The van der Waals surface area contributed by atoms with E-state index < -0.39 is 11.4 Å². The van der Waals surface area contributed by atoms with E-state index in [4.69, 9.17) is 5.11 Å². The smallest absolute Gasteiger partial charge is 0.309 e. The van der Waals surface area contributed by atoms with Gasteiger partial charge >= 0.3 is 5.97 Å². The molecule has 0 aliphatic carbocycles. The van der Waals surface area contributed by atoms with Gasteiger partial charge in [0.25, 0.3) is 0 Å². The van der Waals surface area contributed by atoms with E-state index in [1.807, 2.05) is 0 Å². The van der Waals surface area contributed by atoms with E-state index in [0.717, 1.165) is 6.54 Å². The lowest BCUT2D eigenvalue weighted by atomic mass is 9.89. The van der Waals surface area contributed by atoms with Gasteiger partial charge in [0.1, 0.15) is 0 Å². The van der Waals surface area contributed by atoms with Crippen LogP contribution in [0.5, 0.6) is 0 Å². The normalized spacial score (nSPS) is 14.7. The van der Waals surface area contributed by atoms with Crippen LogP contribution in [0.4, 0.5) is 0 Å². The SMILES string of the molecule is CC(C)C(C)N(C)CCC(C)(C)C(=O)O. The highest BCUT2D eigenvalue weighted by Crippen LogP contribution is 2.21. The molecule has 0 saturated carbocycles. The Morgan fingerprint density at radius 1 is 1.33 bits per heavy atom. The van der Waals surface area contributed by atoms with E-state index in [9.17, 15) is 4.79 Å². The molecule has 3 heteroatoms. The van der Waals surface area contributed by atoms with Crippen molar-refractivity contribution in [3.8, 4) is 0 Å². The first-order chi connectivity index (χ1) is 6.68. The lowest BCUT2D eigenvalue weighted by molar-refractivity contribution is -0.147. The maximum Gasteiger partial charge on any atom is 0.309 e. The predicted molar refractivity (Wildman–Crippen MR) is 63.0 cm³/mol. The second-order valence-electron chi connectivity index (χ2n) is 5.40. The Kier molecular flexibility index (Phi) is 5.29. The fraction of sp³-hybridized carbons (Fsp3) is 0.917. The van der Waals surface area contributed by atoms with E-state index in [-0.39, 0.29) is 0 Å². The Morgan fingerprint density at radius 3 is 2.13 bits per heavy atom. The molecule has 0 heterocycles. The van der Waals surface area contributed by atoms with Crippen molar-refractivity contribution in [1.29, 1.82) is 0 Å². The topological polar surface area (TPSA) is 40.5 Å². The molecule has 0 bridgehead atoms. The van der Waals surface area contributed by atoms with Crippen LogP contribution >= 0.6 is 0 Å². The van der Waals surface area contributed by atoms with Crippen molar-refractivity contribution in [2.24, 2.45) is 11.3 Å². The molecule has 1 unspecified atom stereocenters. The molecule has 0 aromatic heterocycles. The summed E-state index contributed by atoms with van der Waals surface area (Å²) in [6.45, 7) is 10.9. The van der Waals surface area contributed by atoms with Crippen molar-refractivity contribution < 1.29 is 9.90 Å². The first-order valence-corrected chi connectivity index (χ1v) is 5.62. The van der Waals surface area contributed by atoms with Crippen molar-refractivity contribution in [3.05, 3.63) is 0 Å². The summed E-state index contributed by atoms with van der Waals surface area (Å²) in [7, 11) is 2.06. The minimum atomic E-state index is -0.715. The van der Waals surface area contributed by atoms with Crippen LogP contribution in [-0.4, -0.2) is 35.6 Å².